The zero-order chi connectivity index (χ0) is 30.1. The number of thiophene rings is 1. The van der Waals surface area contributed by atoms with Crippen LogP contribution < -0.4 is 25.6 Å². The molecule has 4 aromatic rings. The van der Waals surface area contributed by atoms with Crippen molar-refractivity contribution in [2.24, 2.45) is 0 Å². The number of carbonyl (C=O) groups excluding carboxylic acids is 3. The lowest BCUT2D eigenvalue weighted by atomic mass is 9.83. The Hall–Kier alpha value is -4.32. The molecule has 222 valence electrons. The number of benzene rings is 2. The van der Waals surface area contributed by atoms with Gasteiger partial charge in [-0.1, -0.05) is 18.2 Å². The molecule has 2 aliphatic rings. The maximum absolute atomic E-state index is 13.8. The number of para-hydroxylation sites is 1. The number of hydrogen-bond donors (Lipinski definition) is 3. The first-order valence-corrected chi connectivity index (χ1v) is 15.1. The maximum Gasteiger partial charge on any atom is 0.331 e. The first kappa shape index (κ1) is 28.8. The molecule has 1 fully saturated rings. The summed E-state index contributed by atoms with van der Waals surface area (Å²) in [4.78, 5) is 48.0. The number of methoxy groups -OCH3 is 1. The Morgan fingerprint density at radius 1 is 1.14 bits per heavy atom. The molecule has 11 heteroatoms. The number of amides is 3. The second-order valence-corrected chi connectivity index (χ2v) is 11.9. The van der Waals surface area contributed by atoms with E-state index in [4.69, 9.17) is 9.47 Å². The highest BCUT2D eigenvalue weighted by atomic mass is 32.1. The van der Waals surface area contributed by atoms with Crippen LogP contribution in [0, 0.1) is 6.92 Å². The summed E-state index contributed by atoms with van der Waals surface area (Å²) in [5, 5.41) is 9.94. The molecule has 4 heterocycles. The zero-order valence-electron chi connectivity index (χ0n) is 24.2. The number of urea groups is 1. The standard InChI is InChI=1S/C32H33N5O5S/c1-19-16-22(42-21-8-5-4-6-9-21)10-11-23(19)37-24-12-15-34-30-26(24)27(35-31(37)40)28(43-30)29(39)36-32(13-7-14-33-18-32)25(38)17-20(2)41-3/h4-6,8-12,15-16,20,33H,7,13-14,17-18H2,1-3H3,(H,35,40)(H,36,39)/t20?,32-/m1/s1. The van der Waals surface area contributed by atoms with Gasteiger partial charge in [0, 0.05) is 26.3 Å². The maximum atomic E-state index is 13.8. The molecule has 10 nitrogen and oxygen atoms in total. The van der Waals surface area contributed by atoms with Crippen molar-refractivity contribution in [3.8, 4) is 11.5 Å². The van der Waals surface area contributed by atoms with E-state index in [-0.39, 0.29) is 18.3 Å². The normalized spacial score (nSPS) is 18.7. The summed E-state index contributed by atoms with van der Waals surface area (Å²) in [6, 6.07) is 16.4. The molecule has 1 saturated heterocycles. The molecule has 0 saturated carbocycles. The summed E-state index contributed by atoms with van der Waals surface area (Å²) in [5.74, 6) is 0.871. The average molecular weight is 600 g/mol. The summed E-state index contributed by atoms with van der Waals surface area (Å²) >= 11 is 1.19. The predicted octanol–water partition coefficient (Wildman–Crippen LogP) is 5.93. The summed E-state index contributed by atoms with van der Waals surface area (Å²) < 4.78 is 11.3. The molecular weight excluding hydrogens is 566 g/mol. The van der Waals surface area contributed by atoms with E-state index in [9.17, 15) is 14.4 Å². The molecule has 2 aromatic heterocycles. The van der Waals surface area contributed by atoms with Gasteiger partial charge in [0.15, 0.2) is 5.78 Å². The largest absolute Gasteiger partial charge is 0.457 e. The third kappa shape index (κ3) is 5.47. The number of aromatic nitrogens is 1. The van der Waals surface area contributed by atoms with Crippen LogP contribution in [-0.2, 0) is 9.53 Å². The fourth-order valence-corrected chi connectivity index (χ4v) is 6.70. The number of anilines is 3. The van der Waals surface area contributed by atoms with Gasteiger partial charge in [0.2, 0.25) is 0 Å². The molecule has 6 rings (SSSR count). The number of nitrogens with one attached hydrogen (secondary N) is 3. The first-order valence-electron chi connectivity index (χ1n) is 14.2. The van der Waals surface area contributed by atoms with Gasteiger partial charge in [0.1, 0.15) is 26.7 Å². The quantitative estimate of drug-likeness (QED) is 0.218. The Labute approximate surface area is 253 Å². The minimum absolute atomic E-state index is 0.0821. The van der Waals surface area contributed by atoms with Crippen LogP contribution in [-0.4, -0.2) is 54.5 Å². The lowest BCUT2D eigenvalue weighted by Crippen LogP contribution is -2.62. The highest BCUT2D eigenvalue weighted by Gasteiger charge is 2.42. The second kappa shape index (κ2) is 11.8. The number of rotatable bonds is 9. The molecule has 0 aliphatic carbocycles. The van der Waals surface area contributed by atoms with Crippen molar-refractivity contribution in [3.63, 3.8) is 0 Å². The van der Waals surface area contributed by atoms with E-state index < -0.39 is 17.5 Å². The summed E-state index contributed by atoms with van der Waals surface area (Å²) in [7, 11) is 1.56. The number of pyridine rings is 1. The van der Waals surface area contributed by atoms with Crippen molar-refractivity contribution < 1.29 is 23.9 Å². The lowest BCUT2D eigenvalue weighted by Gasteiger charge is -2.37. The van der Waals surface area contributed by atoms with Crippen molar-refractivity contribution in [1.29, 1.82) is 0 Å². The highest BCUT2D eigenvalue weighted by molar-refractivity contribution is 7.21. The van der Waals surface area contributed by atoms with E-state index in [1.54, 1.807) is 24.3 Å². The van der Waals surface area contributed by atoms with Gasteiger partial charge < -0.3 is 25.4 Å². The molecule has 2 aliphatic heterocycles. The number of ether oxygens (including phenoxy) is 2. The van der Waals surface area contributed by atoms with Crippen LogP contribution in [0.5, 0.6) is 11.5 Å². The molecule has 2 aromatic carbocycles. The number of ketones is 1. The molecular formula is C32H33N5O5S. The van der Waals surface area contributed by atoms with E-state index in [1.807, 2.05) is 62.4 Å². The first-order chi connectivity index (χ1) is 20.8. The Morgan fingerprint density at radius 3 is 2.67 bits per heavy atom. The Bertz CT molecular complexity index is 1700. The van der Waals surface area contributed by atoms with Crippen LogP contribution in [0.2, 0.25) is 0 Å². The molecule has 3 amide bonds. The van der Waals surface area contributed by atoms with Crippen LogP contribution in [0.1, 0.15) is 41.4 Å². The summed E-state index contributed by atoms with van der Waals surface area (Å²) in [6.07, 6.45) is 2.82. The minimum Gasteiger partial charge on any atom is -0.457 e. The summed E-state index contributed by atoms with van der Waals surface area (Å²) in [6.45, 7) is 4.86. The predicted molar refractivity (Wildman–Crippen MR) is 167 cm³/mol. The van der Waals surface area contributed by atoms with Crippen molar-refractivity contribution in [2.75, 3.05) is 30.4 Å². The molecule has 2 atom stereocenters. The number of Topliss-reactive ketones (excluding diaryl/α,β-unsaturated/α-hetero) is 1. The number of aryl methyl sites for hydroxylation is 1. The smallest absolute Gasteiger partial charge is 0.331 e. The lowest BCUT2D eigenvalue weighted by molar-refractivity contribution is -0.128. The van der Waals surface area contributed by atoms with E-state index in [1.165, 1.54) is 11.3 Å². The van der Waals surface area contributed by atoms with Crippen LogP contribution >= 0.6 is 11.3 Å². The van der Waals surface area contributed by atoms with E-state index >= 15 is 0 Å². The number of piperidine rings is 1. The third-order valence-electron chi connectivity index (χ3n) is 7.99. The van der Waals surface area contributed by atoms with E-state index in [0.717, 1.165) is 24.3 Å². The minimum atomic E-state index is -1.06. The van der Waals surface area contributed by atoms with Gasteiger partial charge in [-0.15, -0.1) is 11.3 Å². The van der Waals surface area contributed by atoms with E-state index in [2.05, 4.69) is 20.9 Å². The van der Waals surface area contributed by atoms with Gasteiger partial charge in [-0.25, -0.2) is 9.78 Å². The van der Waals surface area contributed by atoms with Gasteiger partial charge in [0.05, 0.1) is 28.6 Å². The SMILES string of the molecule is COC(C)CC(=O)[C@@]1(NC(=O)c2sc3nccc4c3c2NC(=O)N4c2ccc(Oc3ccccc3)cc2C)CCCNC1. The molecule has 3 N–H and O–H groups in total. The highest BCUT2D eigenvalue weighted by Crippen LogP contribution is 2.46. The Kier molecular flexibility index (Phi) is 7.87. The van der Waals surface area contributed by atoms with Crippen LogP contribution in [0.25, 0.3) is 10.2 Å². The fraction of sp³-hybridized carbons (Fsp3) is 0.312. The van der Waals surface area contributed by atoms with Crippen molar-refractivity contribution in [2.45, 2.75) is 44.8 Å². The van der Waals surface area contributed by atoms with Crippen molar-refractivity contribution >= 4 is 56.3 Å². The monoisotopic (exact) mass is 599 g/mol. The third-order valence-corrected chi connectivity index (χ3v) is 9.08. The van der Waals surface area contributed by atoms with Gasteiger partial charge in [0.25, 0.3) is 5.91 Å². The van der Waals surface area contributed by atoms with Gasteiger partial charge in [-0.3, -0.25) is 14.5 Å². The molecule has 1 unspecified atom stereocenters. The van der Waals surface area contributed by atoms with Crippen molar-refractivity contribution in [1.82, 2.24) is 15.6 Å². The van der Waals surface area contributed by atoms with Crippen molar-refractivity contribution in [3.05, 3.63) is 71.2 Å². The molecule has 0 spiro atoms. The number of hydrogen-bond acceptors (Lipinski definition) is 8. The summed E-state index contributed by atoms with van der Waals surface area (Å²) in [5.41, 5.74) is 1.48. The molecule has 0 radical (unpaired) electrons. The zero-order valence-corrected chi connectivity index (χ0v) is 25.0. The molecule has 0 bridgehead atoms. The fourth-order valence-electron chi connectivity index (χ4n) is 5.68. The average Bonchev–Trinajstić information content (AvgIpc) is 3.38. The Balaban J connectivity index is 1.33. The van der Waals surface area contributed by atoms with Gasteiger partial charge >= 0.3 is 6.03 Å². The van der Waals surface area contributed by atoms with E-state index in [0.29, 0.717) is 50.9 Å². The number of nitrogens with zero attached hydrogens (tertiary/aromatic N) is 2. The Morgan fingerprint density at radius 2 is 1.95 bits per heavy atom. The van der Waals surface area contributed by atoms with Crippen LogP contribution in [0.15, 0.2) is 60.8 Å². The second-order valence-electron chi connectivity index (χ2n) is 10.9. The van der Waals surface area contributed by atoms with Crippen LogP contribution in [0.3, 0.4) is 0 Å². The number of carbonyl (C=O) groups is 3. The molecule has 43 heavy (non-hydrogen) atoms. The van der Waals surface area contributed by atoms with Gasteiger partial charge in [-0.05, 0) is 75.2 Å². The van der Waals surface area contributed by atoms with Crippen LogP contribution in [0.4, 0.5) is 21.9 Å². The topological polar surface area (TPSA) is 122 Å². The van der Waals surface area contributed by atoms with Gasteiger partial charge in [-0.2, -0.15) is 0 Å².